The molecule has 2 rings (SSSR count). The second kappa shape index (κ2) is 12.0. The zero-order valence-electron chi connectivity index (χ0n) is 17.4. The molecule has 156 valence electrons. The summed E-state index contributed by atoms with van der Waals surface area (Å²) in [4.78, 5) is 4.40. The van der Waals surface area contributed by atoms with Crippen LogP contribution in [0.3, 0.4) is 0 Å². The van der Waals surface area contributed by atoms with Gasteiger partial charge in [-0.15, -0.1) is 24.0 Å². The van der Waals surface area contributed by atoms with Gasteiger partial charge in [-0.2, -0.15) is 5.10 Å². The van der Waals surface area contributed by atoms with Crippen LogP contribution in [0.25, 0.3) is 0 Å². The number of aryl methyl sites for hydroxylation is 2. The van der Waals surface area contributed by atoms with E-state index in [1.54, 1.807) is 0 Å². The normalized spacial score (nSPS) is 21.4. The molecule has 1 aromatic rings. The Labute approximate surface area is 183 Å². The van der Waals surface area contributed by atoms with Gasteiger partial charge in [-0.05, 0) is 32.1 Å². The highest BCUT2D eigenvalue weighted by Gasteiger charge is 2.26. The van der Waals surface area contributed by atoms with Crippen molar-refractivity contribution in [2.24, 2.45) is 12.0 Å². The van der Waals surface area contributed by atoms with E-state index in [-0.39, 0.29) is 24.0 Å². The van der Waals surface area contributed by atoms with Gasteiger partial charge in [0.05, 0.1) is 5.69 Å². The van der Waals surface area contributed by atoms with Crippen molar-refractivity contribution < 1.29 is 4.21 Å². The van der Waals surface area contributed by atoms with E-state index in [1.807, 2.05) is 25.7 Å². The summed E-state index contributed by atoms with van der Waals surface area (Å²) in [5.74, 6) is 1.58. The SMILES string of the molecule is CCc1nn(C)c(CC)c1CNC(=NC)NC1CCCC(S(=O)CC)C1.I. The Bertz CT molecular complexity index is 646. The Morgan fingerprint density at radius 2 is 2.04 bits per heavy atom. The van der Waals surface area contributed by atoms with Gasteiger partial charge in [0.2, 0.25) is 0 Å². The summed E-state index contributed by atoms with van der Waals surface area (Å²) in [6.45, 7) is 7.06. The molecule has 27 heavy (non-hydrogen) atoms. The van der Waals surface area contributed by atoms with Gasteiger partial charge < -0.3 is 10.6 Å². The summed E-state index contributed by atoms with van der Waals surface area (Å²) in [7, 11) is 3.13. The van der Waals surface area contributed by atoms with Crippen molar-refractivity contribution in [1.82, 2.24) is 20.4 Å². The van der Waals surface area contributed by atoms with Gasteiger partial charge >= 0.3 is 0 Å². The first-order valence-electron chi connectivity index (χ1n) is 9.91. The van der Waals surface area contributed by atoms with E-state index in [9.17, 15) is 4.21 Å². The number of rotatable bonds is 7. The zero-order chi connectivity index (χ0) is 19.1. The Kier molecular flexibility index (Phi) is 10.9. The lowest BCUT2D eigenvalue weighted by atomic mass is 9.95. The molecule has 0 aliphatic heterocycles. The molecule has 1 aromatic heterocycles. The summed E-state index contributed by atoms with van der Waals surface area (Å²) >= 11 is 0. The number of aliphatic imine (C=N–C) groups is 1. The third-order valence-electron chi connectivity index (χ3n) is 5.31. The fourth-order valence-electron chi connectivity index (χ4n) is 3.90. The molecule has 6 nitrogen and oxygen atoms in total. The van der Waals surface area contributed by atoms with E-state index in [4.69, 9.17) is 0 Å². The summed E-state index contributed by atoms with van der Waals surface area (Å²) in [5.41, 5.74) is 3.72. The van der Waals surface area contributed by atoms with Crippen LogP contribution in [0.4, 0.5) is 0 Å². The maximum absolute atomic E-state index is 12.2. The summed E-state index contributed by atoms with van der Waals surface area (Å²) in [6, 6.07) is 0.348. The number of hydrogen-bond donors (Lipinski definition) is 2. The van der Waals surface area contributed by atoms with Crippen LogP contribution in [0.2, 0.25) is 0 Å². The van der Waals surface area contributed by atoms with Crippen LogP contribution >= 0.6 is 24.0 Å². The van der Waals surface area contributed by atoms with Gasteiger partial charge in [0.1, 0.15) is 0 Å². The number of guanidine groups is 1. The molecule has 1 fully saturated rings. The maximum Gasteiger partial charge on any atom is 0.191 e. The molecule has 1 heterocycles. The van der Waals surface area contributed by atoms with Crippen molar-refractivity contribution in [1.29, 1.82) is 0 Å². The predicted octanol–water partition coefficient (Wildman–Crippen LogP) is 2.91. The lowest BCUT2D eigenvalue weighted by Gasteiger charge is -2.30. The largest absolute Gasteiger partial charge is 0.354 e. The van der Waals surface area contributed by atoms with Gasteiger partial charge in [-0.25, -0.2) is 0 Å². The molecule has 0 amide bonds. The minimum atomic E-state index is -0.702. The molecule has 8 heteroatoms. The lowest BCUT2D eigenvalue weighted by Crippen LogP contribution is -2.46. The number of aromatic nitrogens is 2. The second-order valence-corrected chi connectivity index (χ2v) is 8.93. The first kappa shape index (κ1) is 24.4. The lowest BCUT2D eigenvalue weighted by molar-refractivity contribution is 0.413. The molecule has 0 radical (unpaired) electrons. The quantitative estimate of drug-likeness (QED) is 0.337. The Morgan fingerprint density at radius 3 is 2.63 bits per heavy atom. The molecule has 2 N–H and O–H groups in total. The van der Waals surface area contributed by atoms with E-state index < -0.39 is 10.8 Å². The van der Waals surface area contributed by atoms with E-state index in [1.165, 1.54) is 11.3 Å². The molecular formula is C19H36IN5OS. The van der Waals surface area contributed by atoms with Crippen LogP contribution in [0.1, 0.15) is 63.4 Å². The molecular weight excluding hydrogens is 473 g/mol. The molecule has 3 unspecified atom stereocenters. The van der Waals surface area contributed by atoms with Crippen LogP contribution in [0.5, 0.6) is 0 Å². The highest BCUT2D eigenvalue weighted by Crippen LogP contribution is 2.23. The van der Waals surface area contributed by atoms with Gasteiger partial charge in [-0.1, -0.05) is 27.2 Å². The summed E-state index contributed by atoms with van der Waals surface area (Å²) in [6.07, 6.45) is 6.21. The van der Waals surface area contributed by atoms with Gasteiger partial charge in [0, 0.05) is 59.7 Å². The van der Waals surface area contributed by atoms with Gasteiger partial charge in [-0.3, -0.25) is 13.9 Å². The standard InChI is InChI=1S/C19H35N5OS.HI/c1-6-17-16(18(7-2)24(5)23-17)13-21-19(20-4)22-14-10-9-11-15(12-14)26(25)8-3;/h14-15H,6-13H2,1-5H3,(H2,20,21,22);1H. The van der Waals surface area contributed by atoms with Crippen LogP contribution in [-0.4, -0.2) is 44.0 Å². The van der Waals surface area contributed by atoms with Gasteiger partial charge in [0.15, 0.2) is 5.96 Å². The van der Waals surface area contributed by atoms with Crippen molar-refractivity contribution in [3.8, 4) is 0 Å². The fourth-order valence-corrected chi connectivity index (χ4v) is 5.25. The van der Waals surface area contributed by atoms with E-state index in [0.717, 1.165) is 62.5 Å². The minimum absolute atomic E-state index is 0. The average molecular weight is 510 g/mol. The highest BCUT2D eigenvalue weighted by molar-refractivity contribution is 14.0. The van der Waals surface area contributed by atoms with Crippen molar-refractivity contribution >= 4 is 40.7 Å². The van der Waals surface area contributed by atoms with Crippen LogP contribution in [0.15, 0.2) is 4.99 Å². The average Bonchev–Trinajstić information content (AvgIpc) is 2.99. The first-order chi connectivity index (χ1) is 12.5. The number of halogens is 1. The number of nitrogens with zero attached hydrogens (tertiary/aromatic N) is 3. The van der Waals surface area contributed by atoms with Crippen molar-refractivity contribution in [2.45, 2.75) is 77.1 Å². The molecule has 1 aliphatic rings. The zero-order valence-corrected chi connectivity index (χ0v) is 20.5. The van der Waals surface area contributed by atoms with Crippen molar-refractivity contribution in [3.05, 3.63) is 17.0 Å². The first-order valence-corrected chi connectivity index (χ1v) is 11.3. The topological polar surface area (TPSA) is 71.3 Å². The Balaban J connectivity index is 0.00000364. The van der Waals surface area contributed by atoms with Crippen LogP contribution in [-0.2, 0) is 37.2 Å². The molecule has 0 spiro atoms. The van der Waals surface area contributed by atoms with Crippen molar-refractivity contribution in [3.63, 3.8) is 0 Å². The van der Waals surface area contributed by atoms with E-state index >= 15 is 0 Å². The predicted molar refractivity (Wildman–Crippen MR) is 125 cm³/mol. The van der Waals surface area contributed by atoms with E-state index in [0.29, 0.717) is 11.3 Å². The maximum atomic E-state index is 12.2. The number of nitrogens with one attached hydrogen (secondary N) is 2. The second-order valence-electron chi connectivity index (χ2n) is 6.93. The minimum Gasteiger partial charge on any atom is -0.354 e. The molecule has 1 saturated carbocycles. The van der Waals surface area contributed by atoms with Crippen LogP contribution in [0, 0.1) is 0 Å². The third-order valence-corrected chi connectivity index (χ3v) is 7.05. The fraction of sp³-hybridized carbons (Fsp3) is 0.789. The van der Waals surface area contributed by atoms with Crippen molar-refractivity contribution in [2.75, 3.05) is 12.8 Å². The summed E-state index contributed by atoms with van der Waals surface area (Å²) < 4.78 is 14.1. The molecule has 0 aromatic carbocycles. The van der Waals surface area contributed by atoms with Gasteiger partial charge in [0.25, 0.3) is 0 Å². The smallest absolute Gasteiger partial charge is 0.191 e. The monoisotopic (exact) mass is 509 g/mol. The Morgan fingerprint density at radius 1 is 1.30 bits per heavy atom. The molecule has 0 saturated heterocycles. The molecule has 3 atom stereocenters. The van der Waals surface area contributed by atoms with E-state index in [2.05, 4.69) is 34.6 Å². The molecule has 1 aliphatic carbocycles. The number of hydrogen-bond acceptors (Lipinski definition) is 3. The third kappa shape index (κ3) is 6.44. The van der Waals surface area contributed by atoms with Crippen LogP contribution < -0.4 is 10.6 Å². The highest BCUT2D eigenvalue weighted by atomic mass is 127. The summed E-state index contributed by atoms with van der Waals surface area (Å²) in [5, 5.41) is 12.0. The Hall–Kier alpha value is -0.640. The molecule has 0 bridgehead atoms.